The SMILES string of the molecule is CCc1nnc(SCc2cccc(C)c2)n1-c1ccc(C)cc1. The highest BCUT2D eigenvalue weighted by molar-refractivity contribution is 7.98. The lowest BCUT2D eigenvalue weighted by Crippen LogP contribution is -2.02. The summed E-state index contributed by atoms with van der Waals surface area (Å²) in [5, 5.41) is 9.71. The Morgan fingerprint density at radius 2 is 1.74 bits per heavy atom. The summed E-state index contributed by atoms with van der Waals surface area (Å²) in [5.41, 5.74) is 4.99. The van der Waals surface area contributed by atoms with Crippen molar-refractivity contribution in [3.05, 3.63) is 71.0 Å². The summed E-state index contributed by atoms with van der Waals surface area (Å²) in [6.07, 6.45) is 0.867. The standard InChI is InChI=1S/C19H21N3S/c1-4-18-20-21-19(22(18)17-10-8-14(2)9-11-17)23-13-16-7-5-6-15(3)12-16/h5-12H,4,13H2,1-3H3. The van der Waals surface area contributed by atoms with Crippen LogP contribution in [-0.2, 0) is 12.2 Å². The molecule has 2 aromatic carbocycles. The average Bonchev–Trinajstić information content (AvgIpc) is 2.97. The number of aromatic nitrogens is 3. The van der Waals surface area contributed by atoms with E-state index in [1.54, 1.807) is 11.8 Å². The highest BCUT2D eigenvalue weighted by atomic mass is 32.2. The van der Waals surface area contributed by atoms with Gasteiger partial charge in [0.15, 0.2) is 5.16 Å². The fourth-order valence-corrected chi connectivity index (χ4v) is 3.44. The predicted octanol–water partition coefficient (Wildman–Crippen LogP) is 4.74. The van der Waals surface area contributed by atoms with Gasteiger partial charge in [-0.05, 0) is 31.5 Å². The monoisotopic (exact) mass is 323 g/mol. The van der Waals surface area contributed by atoms with Crippen molar-refractivity contribution in [2.24, 2.45) is 0 Å². The zero-order chi connectivity index (χ0) is 16.2. The number of hydrogen-bond acceptors (Lipinski definition) is 3. The third-order valence-corrected chi connectivity index (χ3v) is 4.76. The van der Waals surface area contributed by atoms with Crippen molar-refractivity contribution in [2.45, 2.75) is 38.1 Å². The second-order valence-electron chi connectivity index (χ2n) is 5.70. The van der Waals surface area contributed by atoms with Crippen LogP contribution in [0.1, 0.15) is 29.4 Å². The van der Waals surface area contributed by atoms with E-state index in [0.29, 0.717) is 0 Å². The van der Waals surface area contributed by atoms with Crippen molar-refractivity contribution in [3.63, 3.8) is 0 Å². The predicted molar refractivity (Wildman–Crippen MR) is 96.2 cm³/mol. The summed E-state index contributed by atoms with van der Waals surface area (Å²) in [6, 6.07) is 17.1. The Hall–Kier alpha value is -2.07. The van der Waals surface area contributed by atoms with Gasteiger partial charge >= 0.3 is 0 Å². The zero-order valence-corrected chi connectivity index (χ0v) is 14.6. The summed E-state index contributed by atoms with van der Waals surface area (Å²) >= 11 is 1.73. The minimum Gasteiger partial charge on any atom is -0.274 e. The van der Waals surface area contributed by atoms with Crippen molar-refractivity contribution in [1.82, 2.24) is 14.8 Å². The first-order chi connectivity index (χ1) is 11.2. The molecule has 0 bridgehead atoms. The second kappa shape index (κ2) is 7.01. The quantitative estimate of drug-likeness (QED) is 0.635. The fraction of sp³-hybridized carbons (Fsp3) is 0.263. The van der Waals surface area contributed by atoms with Crippen LogP contribution in [0.2, 0.25) is 0 Å². The molecule has 3 nitrogen and oxygen atoms in total. The first kappa shape index (κ1) is 15.8. The third-order valence-electron chi connectivity index (χ3n) is 3.76. The van der Waals surface area contributed by atoms with Crippen LogP contribution in [0.15, 0.2) is 53.7 Å². The van der Waals surface area contributed by atoms with Crippen LogP contribution in [0.25, 0.3) is 5.69 Å². The molecule has 0 amide bonds. The molecular formula is C19H21N3S. The van der Waals surface area contributed by atoms with E-state index in [1.807, 2.05) is 0 Å². The van der Waals surface area contributed by atoms with Crippen LogP contribution < -0.4 is 0 Å². The lowest BCUT2D eigenvalue weighted by atomic mass is 10.2. The maximum Gasteiger partial charge on any atom is 0.196 e. The normalized spacial score (nSPS) is 10.9. The number of thioether (sulfide) groups is 1. The maximum absolute atomic E-state index is 4.40. The minimum atomic E-state index is 0.867. The van der Waals surface area contributed by atoms with Gasteiger partial charge < -0.3 is 0 Å². The van der Waals surface area contributed by atoms with E-state index in [1.165, 1.54) is 16.7 Å². The van der Waals surface area contributed by atoms with E-state index in [2.05, 4.69) is 84.1 Å². The Labute approximate surface area is 141 Å². The molecule has 1 heterocycles. The van der Waals surface area contributed by atoms with E-state index in [4.69, 9.17) is 0 Å². The third kappa shape index (κ3) is 3.64. The van der Waals surface area contributed by atoms with Gasteiger partial charge in [-0.1, -0.05) is 66.2 Å². The summed E-state index contributed by atoms with van der Waals surface area (Å²) in [6.45, 7) is 6.34. The summed E-state index contributed by atoms with van der Waals surface area (Å²) in [5.74, 6) is 1.90. The van der Waals surface area contributed by atoms with Gasteiger partial charge in [0.1, 0.15) is 5.82 Å². The lowest BCUT2D eigenvalue weighted by Gasteiger charge is -2.10. The van der Waals surface area contributed by atoms with Gasteiger partial charge in [0, 0.05) is 17.9 Å². The van der Waals surface area contributed by atoms with E-state index < -0.39 is 0 Å². The first-order valence-electron chi connectivity index (χ1n) is 7.87. The second-order valence-corrected chi connectivity index (χ2v) is 6.64. The molecule has 0 unspecified atom stereocenters. The van der Waals surface area contributed by atoms with Crippen LogP contribution in [-0.4, -0.2) is 14.8 Å². The van der Waals surface area contributed by atoms with Crippen molar-refractivity contribution in [3.8, 4) is 5.69 Å². The highest BCUT2D eigenvalue weighted by Crippen LogP contribution is 2.26. The number of rotatable bonds is 5. The Bertz CT molecular complexity index is 791. The molecule has 118 valence electrons. The van der Waals surface area contributed by atoms with Crippen LogP contribution in [0.3, 0.4) is 0 Å². The molecule has 4 heteroatoms. The van der Waals surface area contributed by atoms with Crippen LogP contribution in [0, 0.1) is 13.8 Å². The zero-order valence-electron chi connectivity index (χ0n) is 13.8. The van der Waals surface area contributed by atoms with Crippen molar-refractivity contribution >= 4 is 11.8 Å². The van der Waals surface area contributed by atoms with E-state index in [9.17, 15) is 0 Å². The van der Waals surface area contributed by atoms with Gasteiger partial charge in [-0.15, -0.1) is 10.2 Å². The molecule has 0 aliphatic carbocycles. The van der Waals surface area contributed by atoms with Gasteiger partial charge in [0.05, 0.1) is 0 Å². The van der Waals surface area contributed by atoms with E-state index >= 15 is 0 Å². The van der Waals surface area contributed by atoms with Gasteiger partial charge in [-0.2, -0.15) is 0 Å². The molecule has 0 saturated heterocycles. The molecule has 0 saturated carbocycles. The molecule has 0 N–H and O–H groups in total. The van der Waals surface area contributed by atoms with Crippen molar-refractivity contribution in [2.75, 3.05) is 0 Å². The molecule has 0 aliphatic heterocycles. The van der Waals surface area contributed by atoms with Crippen molar-refractivity contribution in [1.29, 1.82) is 0 Å². The Morgan fingerprint density at radius 3 is 2.43 bits per heavy atom. The smallest absolute Gasteiger partial charge is 0.196 e. The van der Waals surface area contributed by atoms with Crippen molar-refractivity contribution < 1.29 is 0 Å². The van der Waals surface area contributed by atoms with Gasteiger partial charge in [0.2, 0.25) is 0 Å². The summed E-state index contributed by atoms with van der Waals surface area (Å²) in [4.78, 5) is 0. The molecule has 0 fully saturated rings. The molecule has 23 heavy (non-hydrogen) atoms. The van der Waals surface area contributed by atoms with E-state index in [0.717, 1.165) is 28.8 Å². The van der Waals surface area contributed by atoms with Crippen LogP contribution >= 0.6 is 11.8 Å². The number of benzene rings is 2. The first-order valence-corrected chi connectivity index (χ1v) is 8.85. The molecule has 1 aromatic heterocycles. The average molecular weight is 323 g/mol. The number of nitrogens with zero attached hydrogens (tertiary/aromatic N) is 3. The molecule has 0 spiro atoms. The van der Waals surface area contributed by atoms with Gasteiger partial charge in [-0.25, -0.2) is 0 Å². The summed E-state index contributed by atoms with van der Waals surface area (Å²) in [7, 11) is 0. The van der Waals surface area contributed by atoms with Crippen LogP contribution in [0.4, 0.5) is 0 Å². The molecule has 0 radical (unpaired) electrons. The van der Waals surface area contributed by atoms with Crippen LogP contribution in [0.5, 0.6) is 0 Å². The molecular weight excluding hydrogens is 302 g/mol. The highest BCUT2D eigenvalue weighted by Gasteiger charge is 2.13. The molecule has 0 aliphatic rings. The Kier molecular flexibility index (Phi) is 4.82. The Morgan fingerprint density at radius 1 is 0.957 bits per heavy atom. The lowest BCUT2D eigenvalue weighted by molar-refractivity contribution is 0.836. The molecule has 3 rings (SSSR count). The summed E-state index contributed by atoms with van der Waals surface area (Å²) < 4.78 is 2.17. The molecule has 3 aromatic rings. The van der Waals surface area contributed by atoms with E-state index in [-0.39, 0.29) is 0 Å². The van der Waals surface area contributed by atoms with Gasteiger partial charge in [0.25, 0.3) is 0 Å². The number of aryl methyl sites for hydroxylation is 3. The van der Waals surface area contributed by atoms with Gasteiger partial charge in [-0.3, -0.25) is 4.57 Å². The maximum atomic E-state index is 4.40. The molecule has 0 atom stereocenters. The fourth-order valence-electron chi connectivity index (χ4n) is 2.53. The minimum absolute atomic E-state index is 0.867. The number of hydrogen-bond donors (Lipinski definition) is 0. The topological polar surface area (TPSA) is 30.7 Å². The largest absolute Gasteiger partial charge is 0.274 e. The Balaban J connectivity index is 1.88.